The fraction of sp³-hybridized carbons (Fsp3) is 0.375. The SMILES string of the molecule is CC(C)=CC(=O)OCC1CN(S(=O)(=O)Oc2ccc(C)cc2)C(=O)O1. The summed E-state index contributed by atoms with van der Waals surface area (Å²) in [4.78, 5) is 23.2. The van der Waals surface area contributed by atoms with Gasteiger partial charge < -0.3 is 13.7 Å². The molecule has 0 bridgehead atoms. The van der Waals surface area contributed by atoms with E-state index in [1.165, 1.54) is 18.2 Å². The lowest BCUT2D eigenvalue weighted by Crippen LogP contribution is -2.36. The molecular formula is C16H19NO7S. The van der Waals surface area contributed by atoms with E-state index in [-0.39, 0.29) is 18.9 Å². The summed E-state index contributed by atoms with van der Waals surface area (Å²) in [7, 11) is -4.36. The van der Waals surface area contributed by atoms with Crippen LogP contribution in [0.25, 0.3) is 0 Å². The number of nitrogens with zero attached hydrogens (tertiary/aromatic N) is 1. The Balaban J connectivity index is 1.97. The van der Waals surface area contributed by atoms with Gasteiger partial charge in [0.25, 0.3) is 0 Å². The van der Waals surface area contributed by atoms with Crippen molar-refractivity contribution < 1.29 is 31.7 Å². The molecule has 1 aliphatic heterocycles. The predicted octanol–water partition coefficient (Wildman–Crippen LogP) is 1.95. The minimum Gasteiger partial charge on any atom is -0.459 e. The van der Waals surface area contributed by atoms with Crippen molar-refractivity contribution in [2.45, 2.75) is 26.9 Å². The van der Waals surface area contributed by atoms with Crippen molar-refractivity contribution in [3.63, 3.8) is 0 Å². The van der Waals surface area contributed by atoms with Crippen LogP contribution in [0.4, 0.5) is 4.79 Å². The average molecular weight is 369 g/mol. The van der Waals surface area contributed by atoms with Gasteiger partial charge in [-0.15, -0.1) is 0 Å². The van der Waals surface area contributed by atoms with Crippen molar-refractivity contribution in [1.29, 1.82) is 0 Å². The van der Waals surface area contributed by atoms with Gasteiger partial charge in [-0.3, -0.25) is 0 Å². The fourth-order valence-electron chi connectivity index (χ4n) is 1.98. The van der Waals surface area contributed by atoms with Gasteiger partial charge in [0, 0.05) is 6.08 Å². The number of carbonyl (C=O) groups excluding carboxylic acids is 2. The Labute approximate surface area is 146 Å². The van der Waals surface area contributed by atoms with Crippen LogP contribution in [0.1, 0.15) is 19.4 Å². The summed E-state index contributed by atoms with van der Waals surface area (Å²) >= 11 is 0. The monoisotopic (exact) mass is 369 g/mol. The first-order valence-electron chi connectivity index (χ1n) is 7.48. The number of hydrogen-bond acceptors (Lipinski definition) is 7. The number of carbonyl (C=O) groups is 2. The van der Waals surface area contributed by atoms with E-state index in [0.29, 0.717) is 4.31 Å². The molecule has 1 fully saturated rings. The van der Waals surface area contributed by atoms with Crippen LogP contribution in [0, 0.1) is 6.92 Å². The first kappa shape index (κ1) is 18.8. The zero-order chi connectivity index (χ0) is 18.6. The molecule has 1 aliphatic rings. The molecule has 0 aromatic heterocycles. The molecule has 9 heteroatoms. The van der Waals surface area contributed by atoms with Gasteiger partial charge in [0.2, 0.25) is 0 Å². The normalized spacial score (nSPS) is 17.0. The molecule has 2 rings (SSSR count). The number of aryl methyl sites for hydroxylation is 1. The van der Waals surface area contributed by atoms with Crippen LogP contribution >= 0.6 is 0 Å². The molecule has 1 amide bonds. The van der Waals surface area contributed by atoms with E-state index in [9.17, 15) is 18.0 Å². The summed E-state index contributed by atoms with van der Waals surface area (Å²) in [5.74, 6) is -0.509. The Morgan fingerprint density at radius 2 is 1.96 bits per heavy atom. The molecule has 0 radical (unpaired) electrons. The highest BCUT2D eigenvalue weighted by Crippen LogP contribution is 2.21. The molecule has 0 spiro atoms. The molecule has 8 nitrogen and oxygen atoms in total. The quantitative estimate of drug-likeness (QED) is 0.558. The molecule has 25 heavy (non-hydrogen) atoms. The maximum Gasteiger partial charge on any atom is 0.426 e. The maximum atomic E-state index is 12.2. The van der Waals surface area contributed by atoms with Gasteiger partial charge in [0.05, 0.1) is 6.54 Å². The third-order valence-corrected chi connectivity index (χ3v) is 4.39. The largest absolute Gasteiger partial charge is 0.459 e. The van der Waals surface area contributed by atoms with E-state index in [4.69, 9.17) is 13.7 Å². The first-order valence-corrected chi connectivity index (χ1v) is 8.85. The zero-order valence-electron chi connectivity index (χ0n) is 14.1. The molecule has 1 atom stereocenters. The molecule has 1 unspecified atom stereocenters. The number of cyclic esters (lactones) is 1. The number of esters is 1. The van der Waals surface area contributed by atoms with Gasteiger partial charge in [0.15, 0.2) is 6.10 Å². The predicted molar refractivity (Wildman–Crippen MR) is 88.1 cm³/mol. The molecule has 0 aliphatic carbocycles. The molecule has 0 N–H and O–H groups in total. The van der Waals surface area contributed by atoms with Crippen LogP contribution in [0.15, 0.2) is 35.9 Å². The number of ether oxygens (including phenoxy) is 2. The van der Waals surface area contributed by atoms with Crippen LogP contribution in [0.5, 0.6) is 5.75 Å². The highest BCUT2D eigenvalue weighted by atomic mass is 32.2. The zero-order valence-corrected chi connectivity index (χ0v) is 14.9. The van der Waals surface area contributed by atoms with Gasteiger partial charge in [-0.05, 0) is 32.9 Å². The van der Waals surface area contributed by atoms with Gasteiger partial charge in [-0.1, -0.05) is 23.3 Å². The van der Waals surface area contributed by atoms with Crippen LogP contribution in [-0.2, 0) is 24.6 Å². The lowest BCUT2D eigenvalue weighted by Gasteiger charge is -2.14. The third-order valence-electron chi connectivity index (χ3n) is 3.15. The minimum atomic E-state index is -4.36. The third kappa shape index (κ3) is 5.21. The van der Waals surface area contributed by atoms with Gasteiger partial charge in [-0.2, -0.15) is 12.7 Å². The fourth-order valence-corrected chi connectivity index (χ4v) is 3.00. The summed E-state index contributed by atoms with van der Waals surface area (Å²) < 4.78 is 39.6. The van der Waals surface area contributed by atoms with Crippen LogP contribution in [-0.4, -0.2) is 44.0 Å². The lowest BCUT2D eigenvalue weighted by molar-refractivity contribution is -0.140. The summed E-state index contributed by atoms with van der Waals surface area (Å²) in [6.45, 7) is 4.76. The Morgan fingerprint density at radius 1 is 1.32 bits per heavy atom. The summed E-state index contributed by atoms with van der Waals surface area (Å²) in [6, 6.07) is 6.32. The standard InChI is InChI=1S/C16H19NO7S/c1-11(2)8-15(18)22-10-14-9-17(16(19)23-14)25(20,21)24-13-6-4-12(3)5-7-13/h4-8,14H,9-10H2,1-3H3. The molecule has 1 heterocycles. The van der Waals surface area contributed by atoms with Crippen molar-refractivity contribution in [3.05, 3.63) is 41.5 Å². The second-order valence-electron chi connectivity index (χ2n) is 5.74. The van der Waals surface area contributed by atoms with Crippen LogP contribution in [0.3, 0.4) is 0 Å². The Bertz CT molecular complexity index is 779. The molecular weight excluding hydrogens is 350 g/mol. The number of amides is 1. The number of hydrogen-bond donors (Lipinski definition) is 0. The van der Waals surface area contributed by atoms with Gasteiger partial charge >= 0.3 is 22.4 Å². The minimum absolute atomic E-state index is 0.0804. The number of rotatable bonds is 6. The summed E-state index contributed by atoms with van der Waals surface area (Å²) in [6.07, 6.45) is -0.681. The van der Waals surface area contributed by atoms with Crippen LogP contribution < -0.4 is 4.18 Å². The maximum absolute atomic E-state index is 12.2. The summed E-state index contributed by atoms with van der Waals surface area (Å²) in [5.41, 5.74) is 1.69. The Morgan fingerprint density at radius 3 is 2.56 bits per heavy atom. The smallest absolute Gasteiger partial charge is 0.426 e. The van der Waals surface area contributed by atoms with E-state index in [0.717, 1.165) is 11.1 Å². The van der Waals surface area contributed by atoms with Gasteiger partial charge in [0.1, 0.15) is 12.4 Å². The van der Waals surface area contributed by atoms with E-state index in [1.54, 1.807) is 26.0 Å². The van der Waals surface area contributed by atoms with Crippen molar-refractivity contribution in [2.24, 2.45) is 0 Å². The number of benzene rings is 1. The molecule has 136 valence electrons. The van der Waals surface area contributed by atoms with Gasteiger partial charge in [-0.25, -0.2) is 9.59 Å². The first-order chi connectivity index (χ1) is 11.7. The Hall–Kier alpha value is -2.55. The number of allylic oxidation sites excluding steroid dienone is 1. The van der Waals surface area contributed by atoms with E-state index >= 15 is 0 Å². The molecule has 1 aromatic rings. The highest BCUT2D eigenvalue weighted by molar-refractivity contribution is 7.85. The molecule has 1 saturated heterocycles. The van der Waals surface area contributed by atoms with Crippen LogP contribution in [0.2, 0.25) is 0 Å². The second kappa shape index (κ2) is 7.56. The molecule has 1 aromatic carbocycles. The van der Waals surface area contributed by atoms with Crippen molar-refractivity contribution >= 4 is 22.4 Å². The topological polar surface area (TPSA) is 99.2 Å². The van der Waals surface area contributed by atoms with E-state index in [2.05, 4.69) is 0 Å². The second-order valence-corrected chi connectivity index (χ2v) is 7.21. The summed E-state index contributed by atoms with van der Waals surface area (Å²) in [5, 5.41) is 0. The highest BCUT2D eigenvalue weighted by Gasteiger charge is 2.41. The lowest BCUT2D eigenvalue weighted by atomic mass is 10.2. The van der Waals surface area contributed by atoms with E-state index < -0.39 is 28.5 Å². The van der Waals surface area contributed by atoms with Crippen molar-refractivity contribution in [3.8, 4) is 5.75 Å². The van der Waals surface area contributed by atoms with Crippen molar-refractivity contribution in [1.82, 2.24) is 4.31 Å². The average Bonchev–Trinajstić information content (AvgIpc) is 2.89. The van der Waals surface area contributed by atoms with Crippen molar-refractivity contribution in [2.75, 3.05) is 13.2 Å². The van der Waals surface area contributed by atoms with E-state index in [1.807, 2.05) is 6.92 Å². The Kier molecular flexibility index (Phi) is 5.68. The molecule has 0 saturated carbocycles.